The molecule has 0 saturated carbocycles. The molecule has 0 rings (SSSR count). The normalized spacial score (nSPS) is 13.4. The van der Waals surface area contributed by atoms with Gasteiger partial charge in [0, 0.05) is 6.42 Å². The smallest absolute Gasteiger partial charge is 0.306 e. The Bertz CT molecular complexity index is 1080. The largest absolute Gasteiger partial charge is 0.462 e. The zero-order valence-electron chi connectivity index (χ0n) is 44.5. The van der Waals surface area contributed by atoms with Gasteiger partial charge in [-0.15, -0.1) is 0 Å². The van der Waals surface area contributed by atoms with Crippen molar-refractivity contribution in [1.29, 1.82) is 0 Å². The molecule has 0 amide bonds. The summed E-state index contributed by atoms with van der Waals surface area (Å²) in [6, 6.07) is 0. The Morgan fingerprint density at radius 3 is 0.985 bits per heavy atom. The Morgan fingerprint density at radius 2 is 0.662 bits per heavy atom. The molecular formula is C62H113NO2. The molecule has 65 heavy (non-hydrogen) atoms. The third-order valence-corrected chi connectivity index (χ3v) is 13.0. The molecule has 3 nitrogen and oxygen atoms in total. The second-order valence-corrected chi connectivity index (χ2v) is 19.8. The van der Waals surface area contributed by atoms with Crippen LogP contribution < -0.4 is 0 Å². The number of carbonyl (C=O) groups is 1. The SMILES string of the molecule is CCCCCC=CCC=CCCCCCCCCC(CCCCCCCCC=CCC=CCCCCC)C(CCCCCCCCC=CCC=CCCCCC)OC(=O)CCCN(C)C. The summed E-state index contributed by atoms with van der Waals surface area (Å²) < 4.78 is 6.49. The standard InChI is InChI=1S/C62H113NO2/c1-6-9-12-15-18-21-24-27-30-33-36-39-42-45-48-51-55-60(56-52-49-46-43-40-37-34-31-28-25-22-19-16-13-10-7-2)61(65-62(64)58-54-59-63(4)5)57-53-50-47-44-41-38-35-32-29-26-23-20-17-14-11-8-3/h18-23,27-32,60-61H,6-17,24-26,33-59H2,1-5H3. The van der Waals surface area contributed by atoms with Gasteiger partial charge >= 0.3 is 5.97 Å². The first-order valence-corrected chi connectivity index (χ1v) is 28.8. The molecule has 0 aliphatic heterocycles. The molecule has 0 aromatic rings. The Kier molecular flexibility index (Phi) is 52.7. The van der Waals surface area contributed by atoms with Crippen molar-refractivity contribution >= 4 is 5.97 Å². The van der Waals surface area contributed by atoms with Gasteiger partial charge in [-0.25, -0.2) is 0 Å². The fourth-order valence-corrected chi connectivity index (χ4v) is 8.80. The number of allylic oxidation sites excluding steroid dienone is 12. The summed E-state index contributed by atoms with van der Waals surface area (Å²) in [6.07, 6.45) is 79.4. The topological polar surface area (TPSA) is 29.5 Å². The summed E-state index contributed by atoms with van der Waals surface area (Å²) in [5.41, 5.74) is 0. The van der Waals surface area contributed by atoms with E-state index >= 15 is 0 Å². The quantitative estimate of drug-likeness (QED) is 0.0346. The molecule has 378 valence electrons. The van der Waals surface area contributed by atoms with Crippen molar-refractivity contribution in [3.05, 3.63) is 72.9 Å². The van der Waals surface area contributed by atoms with Crippen molar-refractivity contribution in [2.24, 2.45) is 5.92 Å². The molecular weight excluding hydrogens is 791 g/mol. The molecule has 0 aromatic carbocycles. The highest BCUT2D eigenvalue weighted by Gasteiger charge is 2.24. The van der Waals surface area contributed by atoms with Crippen molar-refractivity contribution in [2.75, 3.05) is 20.6 Å². The van der Waals surface area contributed by atoms with Crippen LogP contribution in [0.4, 0.5) is 0 Å². The Balaban J connectivity index is 4.98. The highest BCUT2D eigenvalue weighted by Crippen LogP contribution is 2.28. The second kappa shape index (κ2) is 54.5. The van der Waals surface area contributed by atoms with Crippen LogP contribution in [-0.4, -0.2) is 37.6 Å². The van der Waals surface area contributed by atoms with Gasteiger partial charge in [0.2, 0.25) is 0 Å². The Hall–Kier alpha value is -2.13. The van der Waals surface area contributed by atoms with Gasteiger partial charge in [0.15, 0.2) is 0 Å². The van der Waals surface area contributed by atoms with Crippen molar-refractivity contribution in [3.63, 3.8) is 0 Å². The Morgan fingerprint density at radius 1 is 0.369 bits per heavy atom. The van der Waals surface area contributed by atoms with Crippen molar-refractivity contribution in [1.82, 2.24) is 4.90 Å². The van der Waals surface area contributed by atoms with E-state index in [0.717, 1.165) is 38.6 Å². The fourth-order valence-electron chi connectivity index (χ4n) is 8.80. The van der Waals surface area contributed by atoms with Gasteiger partial charge in [0.05, 0.1) is 0 Å². The molecule has 0 radical (unpaired) electrons. The summed E-state index contributed by atoms with van der Waals surface area (Å²) in [7, 11) is 4.19. The maximum absolute atomic E-state index is 13.3. The van der Waals surface area contributed by atoms with Crippen LogP contribution in [-0.2, 0) is 9.53 Å². The lowest BCUT2D eigenvalue weighted by molar-refractivity contribution is -0.153. The summed E-state index contributed by atoms with van der Waals surface area (Å²) in [5.74, 6) is 0.540. The lowest BCUT2D eigenvalue weighted by Crippen LogP contribution is -2.28. The van der Waals surface area contributed by atoms with Crippen LogP contribution in [0, 0.1) is 5.92 Å². The molecule has 1 unspecified atom stereocenters. The minimum atomic E-state index is 0.0379. The maximum atomic E-state index is 13.3. The van der Waals surface area contributed by atoms with Crippen LogP contribution in [0.1, 0.15) is 284 Å². The predicted octanol–water partition coefficient (Wildman–Crippen LogP) is 20.5. The lowest BCUT2D eigenvalue weighted by Gasteiger charge is -2.28. The molecule has 0 bridgehead atoms. The van der Waals surface area contributed by atoms with Crippen LogP contribution in [0.15, 0.2) is 72.9 Å². The second-order valence-electron chi connectivity index (χ2n) is 19.8. The van der Waals surface area contributed by atoms with Crippen molar-refractivity contribution in [3.8, 4) is 0 Å². The number of carbonyl (C=O) groups excluding carboxylic acids is 1. The van der Waals surface area contributed by atoms with Crippen molar-refractivity contribution < 1.29 is 9.53 Å². The first kappa shape index (κ1) is 62.9. The molecule has 0 spiro atoms. The van der Waals surface area contributed by atoms with Crippen LogP contribution >= 0.6 is 0 Å². The van der Waals surface area contributed by atoms with Gasteiger partial charge in [-0.05, 0) is 155 Å². The van der Waals surface area contributed by atoms with E-state index in [1.807, 2.05) is 0 Å². The van der Waals surface area contributed by atoms with E-state index in [2.05, 4.69) is 113 Å². The monoisotopic (exact) mass is 904 g/mol. The van der Waals surface area contributed by atoms with Gasteiger partial charge in [0.1, 0.15) is 6.10 Å². The highest BCUT2D eigenvalue weighted by molar-refractivity contribution is 5.69. The van der Waals surface area contributed by atoms with Crippen molar-refractivity contribution in [2.45, 2.75) is 290 Å². The average Bonchev–Trinajstić information content (AvgIpc) is 3.29. The van der Waals surface area contributed by atoms with E-state index in [-0.39, 0.29) is 12.1 Å². The Labute approximate surface area is 408 Å². The van der Waals surface area contributed by atoms with Crippen LogP contribution in [0.3, 0.4) is 0 Å². The average molecular weight is 905 g/mol. The minimum absolute atomic E-state index is 0.0379. The molecule has 1 atom stereocenters. The maximum Gasteiger partial charge on any atom is 0.306 e. The highest BCUT2D eigenvalue weighted by atomic mass is 16.5. The number of unbranched alkanes of at least 4 members (excludes halogenated alkanes) is 27. The number of rotatable bonds is 51. The third-order valence-electron chi connectivity index (χ3n) is 13.0. The molecule has 0 aromatic heterocycles. The first-order valence-electron chi connectivity index (χ1n) is 28.8. The van der Waals surface area contributed by atoms with Gasteiger partial charge < -0.3 is 9.64 Å². The van der Waals surface area contributed by atoms with Crippen LogP contribution in [0.25, 0.3) is 0 Å². The predicted molar refractivity (Wildman–Crippen MR) is 293 cm³/mol. The van der Waals surface area contributed by atoms with E-state index in [4.69, 9.17) is 4.74 Å². The van der Waals surface area contributed by atoms with Crippen LogP contribution in [0.2, 0.25) is 0 Å². The lowest BCUT2D eigenvalue weighted by atomic mass is 9.87. The van der Waals surface area contributed by atoms with E-state index < -0.39 is 0 Å². The summed E-state index contributed by atoms with van der Waals surface area (Å²) in [4.78, 5) is 15.5. The fraction of sp³-hybridized carbons (Fsp3) is 0.790. The van der Waals surface area contributed by atoms with Gasteiger partial charge in [-0.2, -0.15) is 0 Å². The molecule has 0 saturated heterocycles. The van der Waals surface area contributed by atoms with E-state index in [9.17, 15) is 4.79 Å². The molecule has 0 aliphatic rings. The van der Waals surface area contributed by atoms with E-state index in [0.29, 0.717) is 12.3 Å². The molecule has 3 heteroatoms. The molecule has 0 N–H and O–H groups in total. The molecule has 0 fully saturated rings. The van der Waals surface area contributed by atoms with Gasteiger partial charge in [-0.1, -0.05) is 222 Å². The first-order chi connectivity index (χ1) is 32.0. The number of nitrogens with zero attached hydrogens (tertiary/aromatic N) is 1. The number of esters is 1. The zero-order chi connectivity index (χ0) is 47.2. The minimum Gasteiger partial charge on any atom is -0.462 e. The number of hydrogen-bond acceptors (Lipinski definition) is 3. The zero-order valence-corrected chi connectivity index (χ0v) is 44.5. The summed E-state index contributed by atoms with van der Waals surface area (Å²) in [5, 5.41) is 0. The molecule has 0 heterocycles. The van der Waals surface area contributed by atoms with E-state index in [1.54, 1.807) is 0 Å². The van der Waals surface area contributed by atoms with Crippen LogP contribution in [0.5, 0.6) is 0 Å². The molecule has 0 aliphatic carbocycles. The third kappa shape index (κ3) is 51.1. The summed E-state index contributed by atoms with van der Waals surface area (Å²) in [6.45, 7) is 7.76. The van der Waals surface area contributed by atoms with Gasteiger partial charge in [-0.3, -0.25) is 4.79 Å². The van der Waals surface area contributed by atoms with E-state index in [1.165, 1.54) is 225 Å². The number of hydrogen-bond donors (Lipinski definition) is 0. The number of ether oxygens (including phenoxy) is 1. The summed E-state index contributed by atoms with van der Waals surface area (Å²) >= 11 is 0. The van der Waals surface area contributed by atoms with Gasteiger partial charge in [0.25, 0.3) is 0 Å².